The maximum absolute atomic E-state index is 12.9. The largest absolute Gasteiger partial charge is 0.393 e. The van der Waals surface area contributed by atoms with E-state index in [-0.39, 0.29) is 17.9 Å². The minimum Gasteiger partial charge on any atom is -0.393 e. The van der Waals surface area contributed by atoms with E-state index in [1.807, 2.05) is 6.92 Å². The lowest BCUT2D eigenvalue weighted by Crippen LogP contribution is -2.37. The van der Waals surface area contributed by atoms with E-state index in [0.717, 1.165) is 11.6 Å². The van der Waals surface area contributed by atoms with E-state index in [1.165, 1.54) is 6.07 Å². The summed E-state index contributed by atoms with van der Waals surface area (Å²) in [4.78, 5) is 0. The summed E-state index contributed by atoms with van der Waals surface area (Å²) in [6.07, 6.45) is 0.347. The van der Waals surface area contributed by atoms with Gasteiger partial charge in [0.2, 0.25) is 0 Å². The molecule has 14 heavy (non-hydrogen) atoms. The maximum atomic E-state index is 12.9. The van der Waals surface area contributed by atoms with E-state index in [4.69, 9.17) is 0 Å². The van der Waals surface area contributed by atoms with E-state index in [0.29, 0.717) is 6.42 Å². The molecule has 0 saturated heterocycles. The van der Waals surface area contributed by atoms with Gasteiger partial charge in [0, 0.05) is 0 Å². The van der Waals surface area contributed by atoms with Gasteiger partial charge in [-0.3, -0.25) is 0 Å². The fourth-order valence-corrected chi connectivity index (χ4v) is 1.94. The van der Waals surface area contributed by atoms with E-state index < -0.39 is 11.6 Å². The van der Waals surface area contributed by atoms with E-state index in [9.17, 15) is 13.9 Å². The summed E-state index contributed by atoms with van der Waals surface area (Å²) >= 11 is 0. The number of rotatable bonds is 1. The lowest BCUT2D eigenvalue weighted by molar-refractivity contribution is 0.0116. The Labute approximate surface area is 81.4 Å². The molecule has 3 atom stereocenters. The fraction of sp³-hybridized carbons (Fsp3) is 0.455. The van der Waals surface area contributed by atoms with Crippen LogP contribution in [0.3, 0.4) is 0 Å². The van der Waals surface area contributed by atoms with Crippen LogP contribution in [0, 0.1) is 17.6 Å². The normalized spacial score (nSPS) is 31.3. The molecule has 0 amide bonds. The fourth-order valence-electron chi connectivity index (χ4n) is 1.94. The summed E-state index contributed by atoms with van der Waals surface area (Å²) in [6.45, 7) is 1.92. The van der Waals surface area contributed by atoms with Crippen LogP contribution in [-0.2, 0) is 0 Å². The molecule has 2 rings (SSSR count). The summed E-state index contributed by atoms with van der Waals surface area (Å²) in [5, 5.41) is 9.30. The molecule has 76 valence electrons. The van der Waals surface area contributed by atoms with Crippen LogP contribution in [0.25, 0.3) is 0 Å². The molecule has 0 spiro atoms. The van der Waals surface area contributed by atoms with Crippen molar-refractivity contribution in [2.24, 2.45) is 5.92 Å². The van der Waals surface area contributed by atoms with Crippen LogP contribution in [0.15, 0.2) is 18.2 Å². The predicted octanol–water partition coefficient (Wildman–Crippen LogP) is 2.45. The van der Waals surface area contributed by atoms with Gasteiger partial charge in [-0.2, -0.15) is 0 Å². The monoisotopic (exact) mass is 198 g/mol. The number of aliphatic hydroxyl groups is 1. The third-order valence-electron chi connectivity index (χ3n) is 3.11. The van der Waals surface area contributed by atoms with Gasteiger partial charge in [0.1, 0.15) is 0 Å². The number of hydrogen-bond acceptors (Lipinski definition) is 1. The van der Waals surface area contributed by atoms with Gasteiger partial charge in [-0.15, -0.1) is 0 Å². The Balaban J connectivity index is 2.22. The highest BCUT2D eigenvalue weighted by Crippen LogP contribution is 2.42. The van der Waals surface area contributed by atoms with Gasteiger partial charge < -0.3 is 5.11 Å². The standard InChI is InChI=1S/C11H12F2O/c1-6-8(5-11(6)14)7-2-3-9(12)10(13)4-7/h2-4,6,8,11,14H,5H2,1H3. The van der Waals surface area contributed by atoms with E-state index in [2.05, 4.69) is 0 Å². The van der Waals surface area contributed by atoms with Crippen LogP contribution >= 0.6 is 0 Å². The summed E-state index contributed by atoms with van der Waals surface area (Å²) < 4.78 is 25.5. The first-order valence-electron chi connectivity index (χ1n) is 4.72. The first kappa shape index (κ1) is 9.59. The molecule has 3 unspecified atom stereocenters. The van der Waals surface area contributed by atoms with Gasteiger partial charge in [-0.1, -0.05) is 13.0 Å². The van der Waals surface area contributed by atoms with E-state index >= 15 is 0 Å². The second-order valence-electron chi connectivity index (χ2n) is 3.94. The first-order valence-corrected chi connectivity index (χ1v) is 4.72. The highest BCUT2D eigenvalue weighted by Gasteiger charge is 2.37. The van der Waals surface area contributed by atoms with Gasteiger partial charge >= 0.3 is 0 Å². The number of benzene rings is 1. The van der Waals surface area contributed by atoms with Gasteiger partial charge in [-0.25, -0.2) is 8.78 Å². The lowest BCUT2D eigenvalue weighted by atomic mass is 9.69. The highest BCUT2D eigenvalue weighted by molar-refractivity contribution is 5.25. The SMILES string of the molecule is CC1C(O)CC1c1ccc(F)c(F)c1. The van der Waals surface area contributed by atoms with Crippen LogP contribution < -0.4 is 0 Å². The molecule has 1 aliphatic carbocycles. The Morgan fingerprint density at radius 3 is 2.50 bits per heavy atom. The smallest absolute Gasteiger partial charge is 0.159 e. The molecule has 1 aromatic rings. The number of halogens is 2. The third kappa shape index (κ3) is 1.42. The molecule has 0 heterocycles. The lowest BCUT2D eigenvalue weighted by Gasteiger charge is -2.39. The summed E-state index contributed by atoms with van der Waals surface area (Å²) in [5.74, 6) is -1.32. The molecule has 1 aromatic carbocycles. The zero-order valence-electron chi connectivity index (χ0n) is 7.87. The van der Waals surface area contributed by atoms with Gasteiger partial charge in [-0.05, 0) is 36.0 Å². The average Bonchev–Trinajstić information content (AvgIpc) is 2.18. The zero-order valence-corrected chi connectivity index (χ0v) is 7.87. The van der Waals surface area contributed by atoms with Crippen molar-refractivity contribution in [1.82, 2.24) is 0 Å². The van der Waals surface area contributed by atoms with Crippen LogP contribution in [0.1, 0.15) is 24.8 Å². The van der Waals surface area contributed by atoms with Crippen LogP contribution in [0.4, 0.5) is 8.78 Å². The summed E-state index contributed by atoms with van der Waals surface area (Å²) in [5.41, 5.74) is 0.779. The van der Waals surface area contributed by atoms with Crippen molar-refractivity contribution >= 4 is 0 Å². The molecule has 1 saturated carbocycles. The van der Waals surface area contributed by atoms with Crippen molar-refractivity contribution in [2.75, 3.05) is 0 Å². The van der Waals surface area contributed by atoms with Crippen molar-refractivity contribution in [1.29, 1.82) is 0 Å². The van der Waals surface area contributed by atoms with Crippen LogP contribution in [-0.4, -0.2) is 11.2 Å². The quantitative estimate of drug-likeness (QED) is 0.734. The zero-order chi connectivity index (χ0) is 10.3. The molecular formula is C11H12F2O. The topological polar surface area (TPSA) is 20.2 Å². The maximum Gasteiger partial charge on any atom is 0.159 e. The molecule has 0 bridgehead atoms. The van der Waals surface area contributed by atoms with Crippen LogP contribution in [0.5, 0.6) is 0 Å². The Kier molecular flexibility index (Phi) is 2.27. The molecule has 1 N–H and O–H groups in total. The van der Waals surface area contributed by atoms with Crippen molar-refractivity contribution in [3.05, 3.63) is 35.4 Å². The molecule has 1 aliphatic rings. The predicted molar refractivity (Wildman–Crippen MR) is 48.9 cm³/mol. The molecule has 0 aliphatic heterocycles. The molecule has 1 nitrogen and oxygen atoms in total. The molecule has 3 heteroatoms. The molecule has 1 fully saturated rings. The number of aliphatic hydroxyl groups excluding tert-OH is 1. The minimum absolute atomic E-state index is 0.139. The number of hydrogen-bond donors (Lipinski definition) is 1. The van der Waals surface area contributed by atoms with Crippen molar-refractivity contribution < 1.29 is 13.9 Å². The van der Waals surface area contributed by atoms with Crippen molar-refractivity contribution in [3.63, 3.8) is 0 Å². The van der Waals surface area contributed by atoms with Crippen LogP contribution in [0.2, 0.25) is 0 Å². The van der Waals surface area contributed by atoms with Crippen molar-refractivity contribution in [2.45, 2.75) is 25.4 Å². The first-order chi connectivity index (χ1) is 6.59. The van der Waals surface area contributed by atoms with Gasteiger partial charge in [0.15, 0.2) is 11.6 Å². The Morgan fingerprint density at radius 2 is 2.00 bits per heavy atom. The molecule has 0 radical (unpaired) electrons. The average molecular weight is 198 g/mol. The summed E-state index contributed by atoms with van der Waals surface area (Å²) in [7, 11) is 0. The minimum atomic E-state index is -0.818. The molecular weight excluding hydrogens is 186 g/mol. The van der Waals surface area contributed by atoms with Gasteiger partial charge in [0.25, 0.3) is 0 Å². The van der Waals surface area contributed by atoms with E-state index in [1.54, 1.807) is 6.07 Å². The summed E-state index contributed by atoms with van der Waals surface area (Å²) in [6, 6.07) is 3.95. The molecule has 0 aromatic heterocycles. The Morgan fingerprint density at radius 1 is 1.29 bits per heavy atom. The van der Waals surface area contributed by atoms with Gasteiger partial charge in [0.05, 0.1) is 6.10 Å². The van der Waals surface area contributed by atoms with Crippen molar-refractivity contribution in [3.8, 4) is 0 Å². The Bertz CT molecular complexity index is 351. The highest BCUT2D eigenvalue weighted by atomic mass is 19.2. The Hall–Kier alpha value is -0.960. The second kappa shape index (κ2) is 3.31. The third-order valence-corrected chi connectivity index (χ3v) is 3.11. The second-order valence-corrected chi connectivity index (χ2v) is 3.94.